The third-order valence-corrected chi connectivity index (χ3v) is 3.03. The molecule has 84 valence electrons. The summed E-state index contributed by atoms with van der Waals surface area (Å²) in [7, 11) is 0. The molecule has 0 fully saturated rings. The highest BCUT2D eigenvalue weighted by molar-refractivity contribution is 5.26. The second-order valence-electron chi connectivity index (χ2n) is 4.69. The molecule has 2 heteroatoms. The highest BCUT2D eigenvalue weighted by Crippen LogP contribution is 2.35. The number of aliphatic imine (C=N–C) groups is 1. The summed E-state index contributed by atoms with van der Waals surface area (Å²) in [5.74, 6) is 0.485. The molecule has 0 aromatic rings. The summed E-state index contributed by atoms with van der Waals surface area (Å²) in [6.07, 6.45) is 7.75. The molecular weight excluding hydrogens is 184 g/mol. The van der Waals surface area contributed by atoms with E-state index >= 15 is 0 Å². The summed E-state index contributed by atoms with van der Waals surface area (Å²) < 4.78 is 0. The van der Waals surface area contributed by atoms with Gasteiger partial charge in [0.2, 0.25) is 0 Å². The van der Waals surface area contributed by atoms with Gasteiger partial charge in [0.1, 0.15) is 0 Å². The summed E-state index contributed by atoms with van der Waals surface area (Å²) in [6.45, 7) is 12.1. The van der Waals surface area contributed by atoms with E-state index in [9.17, 15) is 0 Å². The highest BCUT2D eigenvalue weighted by atomic mass is 14.9. The molecule has 0 spiro atoms. The fraction of sp³-hybridized carbons (Fsp3) is 0.615. The van der Waals surface area contributed by atoms with Crippen molar-refractivity contribution in [1.82, 2.24) is 5.32 Å². The average molecular weight is 206 g/mol. The molecule has 0 unspecified atom stereocenters. The predicted octanol–water partition coefficient (Wildman–Crippen LogP) is 2.78. The van der Waals surface area contributed by atoms with Gasteiger partial charge in [-0.2, -0.15) is 0 Å². The Labute approximate surface area is 93.2 Å². The van der Waals surface area contributed by atoms with Crippen LogP contribution in [0.2, 0.25) is 0 Å². The van der Waals surface area contributed by atoms with Crippen LogP contribution in [0.15, 0.2) is 28.9 Å². The molecule has 1 aliphatic heterocycles. The van der Waals surface area contributed by atoms with Crippen molar-refractivity contribution >= 4 is 6.72 Å². The zero-order valence-electron chi connectivity index (χ0n) is 10.1. The molecule has 0 aromatic heterocycles. The van der Waals surface area contributed by atoms with Crippen molar-refractivity contribution in [2.45, 2.75) is 27.2 Å². The van der Waals surface area contributed by atoms with Crippen molar-refractivity contribution in [3.8, 4) is 0 Å². The van der Waals surface area contributed by atoms with Crippen molar-refractivity contribution < 1.29 is 0 Å². The van der Waals surface area contributed by atoms with Crippen LogP contribution in [0, 0.1) is 11.3 Å². The van der Waals surface area contributed by atoms with E-state index in [-0.39, 0.29) is 5.41 Å². The molecule has 0 saturated heterocycles. The molecule has 0 bridgehead atoms. The Kier molecular flexibility index (Phi) is 4.13. The van der Waals surface area contributed by atoms with Crippen LogP contribution in [-0.4, -0.2) is 19.8 Å². The molecule has 0 aromatic carbocycles. The number of nitrogens with one attached hydrogen (secondary N) is 1. The smallest absolute Gasteiger partial charge is 0.0457 e. The second kappa shape index (κ2) is 5.15. The molecule has 0 aliphatic carbocycles. The summed E-state index contributed by atoms with van der Waals surface area (Å²) >= 11 is 0. The molecular formula is C13H22N2. The van der Waals surface area contributed by atoms with Gasteiger partial charge in [-0.1, -0.05) is 32.9 Å². The lowest BCUT2D eigenvalue weighted by Crippen LogP contribution is -2.36. The van der Waals surface area contributed by atoms with E-state index in [4.69, 9.17) is 0 Å². The second-order valence-corrected chi connectivity index (χ2v) is 4.69. The molecule has 1 aliphatic rings. The van der Waals surface area contributed by atoms with Gasteiger partial charge in [-0.3, -0.25) is 0 Å². The van der Waals surface area contributed by atoms with Crippen LogP contribution in [-0.2, 0) is 0 Å². The van der Waals surface area contributed by atoms with Crippen molar-refractivity contribution in [3.05, 3.63) is 23.9 Å². The summed E-state index contributed by atoms with van der Waals surface area (Å²) in [4.78, 5) is 4.06. The zero-order valence-corrected chi connectivity index (χ0v) is 10.1. The van der Waals surface area contributed by atoms with Gasteiger partial charge >= 0.3 is 0 Å². The SMILES string of the molecule is C=NC[C@@H](C1=CNC1)C(C)(C)/C=C\CC. The maximum Gasteiger partial charge on any atom is 0.0457 e. The van der Waals surface area contributed by atoms with Gasteiger partial charge in [-0.15, -0.1) is 0 Å². The molecule has 0 saturated carbocycles. The first kappa shape index (κ1) is 12.0. The minimum Gasteiger partial charge on any atom is -0.387 e. The van der Waals surface area contributed by atoms with Crippen molar-refractivity contribution in [2.75, 3.05) is 13.1 Å². The van der Waals surface area contributed by atoms with Crippen LogP contribution in [0.3, 0.4) is 0 Å². The number of hydrogen-bond donors (Lipinski definition) is 1. The molecule has 15 heavy (non-hydrogen) atoms. The molecule has 2 nitrogen and oxygen atoms in total. The molecule has 1 N–H and O–H groups in total. The van der Waals surface area contributed by atoms with E-state index in [0.29, 0.717) is 5.92 Å². The Morgan fingerprint density at radius 2 is 2.33 bits per heavy atom. The third kappa shape index (κ3) is 2.95. The van der Waals surface area contributed by atoms with E-state index in [1.54, 1.807) is 0 Å². The first-order chi connectivity index (χ1) is 7.11. The third-order valence-electron chi connectivity index (χ3n) is 3.03. The van der Waals surface area contributed by atoms with E-state index in [0.717, 1.165) is 19.5 Å². The van der Waals surface area contributed by atoms with Crippen LogP contribution in [0.4, 0.5) is 0 Å². The molecule has 0 amide bonds. The van der Waals surface area contributed by atoms with Gasteiger partial charge in [0.05, 0.1) is 0 Å². The van der Waals surface area contributed by atoms with Crippen LogP contribution in [0.5, 0.6) is 0 Å². The Balaban J connectivity index is 2.76. The van der Waals surface area contributed by atoms with Crippen LogP contribution in [0.25, 0.3) is 0 Å². The van der Waals surface area contributed by atoms with Crippen LogP contribution < -0.4 is 5.32 Å². The largest absolute Gasteiger partial charge is 0.387 e. The first-order valence-corrected chi connectivity index (χ1v) is 5.64. The van der Waals surface area contributed by atoms with Crippen molar-refractivity contribution in [2.24, 2.45) is 16.3 Å². The minimum atomic E-state index is 0.172. The Morgan fingerprint density at radius 1 is 1.67 bits per heavy atom. The van der Waals surface area contributed by atoms with Gasteiger partial charge in [-0.05, 0) is 30.3 Å². The van der Waals surface area contributed by atoms with Gasteiger partial charge in [0, 0.05) is 19.0 Å². The van der Waals surface area contributed by atoms with Crippen molar-refractivity contribution in [1.29, 1.82) is 0 Å². The van der Waals surface area contributed by atoms with Gasteiger partial charge in [-0.25, -0.2) is 0 Å². The molecule has 1 atom stereocenters. The monoisotopic (exact) mass is 206 g/mol. The number of nitrogens with zero attached hydrogens (tertiary/aromatic N) is 1. The summed E-state index contributed by atoms with van der Waals surface area (Å²) in [5.41, 5.74) is 1.64. The maximum atomic E-state index is 4.06. The van der Waals surface area contributed by atoms with Gasteiger partial charge in [0.25, 0.3) is 0 Å². The summed E-state index contributed by atoms with van der Waals surface area (Å²) in [6, 6.07) is 0. The average Bonchev–Trinajstić information content (AvgIpc) is 2.11. The number of allylic oxidation sites excluding steroid dienone is 2. The zero-order chi connectivity index (χ0) is 11.3. The van der Waals surface area contributed by atoms with Crippen molar-refractivity contribution in [3.63, 3.8) is 0 Å². The predicted molar refractivity (Wildman–Crippen MR) is 67.2 cm³/mol. The molecule has 0 radical (unpaired) electrons. The van der Waals surface area contributed by atoms with Crippen LogP contribution in [0.1, 0.15) is 27.2 Å². The lowest BCUT2D eigenvalue weighted by atomic mass is 9.73. The molecule has 1 heterocycles. The quantitative estimate of drug-likeness (QED) is 0.524. The minimum absolute atomic E-state index is 0.172. The number of hydrogen-bond acceptors (Lipinski definition) is 2. The van der Waals surface area contributed by atoms with E-state index in [1.807, 2.05) is 0 Å². The normalized spacial score (nSPS) is 17.9. The maximum absolute atomic E-state index is 4.06. The van der Waals surface area contributed by atoms with E-state index in [2.05, 4.69) is 56.1 Å². The first-order valence-electron chi connectivity index (χ1n) is 5.64. The lowest BCUT2D eigenvalue weighted by Gasteiger charge is -2.36. The van der Waals surface area contributed by atoms with E-state index in [1.165, 1.54) is 5.57 Å². The fourth-order valence-electron chi connectivity index (χ4n) is 1.94. The molecule has 1 rings (SSSR count). The van der Waals surface area contributed by atoms with E-state index < -0.39 is 0 Å². The Morgan fingerprint density at radius 3 is 2.73 bits per heavy atom. The summed E-state index contributed by atoms with van der Waals surface area (Å²) in [5, 5.41) is 3.18. The van der Waals surface area contributed by atoms with Gasteiger partial charge in [0.15, 0.2) is 0 Å². The highest BCUT2D eigenvalue weighted by Gasteiger charge is 2.31. The standard InChI is InChI=1S/C13H22N2/c1-5-6-7-13(2,3)12(10-14-4)11-8-15-9-11/h6-8,12,15H,4-5,9-10H2,1-3H3/b7-6-/t12-/m0/s1. The number of rotatable bonds is 6. The van der Waals surface area contributed by atoms with Gasteiger partial charge < -0.3 is 10.3 Å². The lowest BCUT2D eigenvalue weighted by molar-refractivity contribution is 0.321. The Hall–Kier alpha value is -1.05. The fourth-order valence-corrected chi connectivity index (χ4v) is 1.94. The topological polar surface area (TPSA) is 24.4 Å². The van der Waals surface area contributed by atoms with Crippen LogP contribution >= 0.6 is 0 Å². The Bertz CT molecular complexity index is 274.